The number of rotatable bonds is 9. The molecule has 0 unspecified atom stereocenters. The Morgan fingerprint density at radius 3 is 2.08 bits per heavy atom. The predicted molar refractivity (Wildman–Crippen MR) is 101 cm³/mol. The van der Waals surface area contributed by atoms with E-state index in [1.165, 1.54) is 0 Å². The quantitative estimate of drug-likeness (QED) is 0.272. The topological polar surface area (TPSA) is 35.5 Å². The van der Waals surface area contributed by atoms with Crippen molar-refractivity contribution < 1.29 is 14.3 Å². The Labute approximate surface area is 150 Å². The van der Waals surface area contributed by atoms with E-state index >= 15 is 0 Å². The molecule has 0 bridgehead atoms. The fourth-order valence-corrected chi connectivity index (χ4v) is 2.46. The minimum absolute atomic E-state index is 0.168. The van der Waals surface area contributed by atoms with Crippen molar-refractivity contribution in [1.29, 1.82) is 0 Å². The zero-order valence-electron chi connectivity index (χ0n) is 14.7. The smallest absolute Gasteiger partial charge is 0.311 e. The first-order valence-corrected chi connectivity index (χ1v) is 8.70. The first kappa shape index (κ1) is 18.6. The van der Waals surface area contributed by atoms with E-state index in [4.69, 9.17) is 15.9 Å². The van der Waals surface area contributed by atoms with Crippen LogP contribution >= 0.6 is 0 Å². The number of ether oxygens (including phenoxy) is 2. The van der Waals surface area contributed by atoms with E-state index in [1.807, 2.05) is 48.5 Å². The minimum Gasteiger partial charge on any atom is -0.481 e. The maximum atomic E-state index is 11.8. The molecular formula is C22H24O3. The molecule has 0 N–H and O–H groups in total. The molecule has 2 rings (SSSR count). The van der Waals surface area contributed by atoms with Crippen molar-refractivity contribution in [2.75, 3.05) is 6.61 Å². The van der Waals surface area contributed by atoms with Gasteiger partial charge in [-0.15, -0.1) is 6.42 Å². The van der Waals surface area contributed by atoms with Crippen LogP contribution in [0.15, 0.2) is 48.5 Å². The Hall–Kier alpha value is -2.73. The van der Waals surface area contributed by atoms with Gasteiger partial charge in [-0.2, -0.15) is 0 Å². The summed E-state index contributed by atoms with van der Waals surface area (Å²) in [6.45, 7) is 2.41. The van der Waals surface area contributed by atoms with E-state index in [1.54, 1.807) is 0 Å². The van der Waals surface area contributed by atoms with Crippen molar-refractivity contribution in [3.8, 4) is 35.0 Å². The molecule has 0 aliphatic carbocycles. The number of carbonyl (C=O) groups is 1. The Balaban J connectivity index is 1.89. The van der Waals surface area contributed by atoms with Gasteiger partial charge in [0.05, 0.1) is 0 Å². The lowest BCUT2D eigenvalue weighted by atomic mass is 10.1. The Morgan fingerprint density at radius 2 is 1.52 bits per heavy atom. The van der Waals surface area contributed by atoms with E-state index in [0.29, 0.717) is 12.2 Å². The van der Waals surface area contributed by atoms with Gasteiger partial charge >= 0.3 is 5.97 Å². The first-order chi connectivity index (χ1) is 12.2. The largest absolute Gasteiger partial charge is 0.481 e. The summed E-state index contributed by atoms with van der Waals surface area (Å²) in [6, 6.07) is 15.2. The number of terminal acetylenes is 1. The second-order valence-electron chi connectivity index (χ2n) is 5.83. The molecule has 3 heteroatoms. The highest BCUT2D eigenvalue weighted by atomic mass is 16.5. The standard InChI is InChI=1S/C22H24O3/c1-3-5-6-7-8-22(23)25-21-15-11-19(12-16-21)18-9-13-20(14-10-18)24-17-4-2/h2,9-16H,3,5-8,17H2,1H3. The van der Waals surface area contributed by atoms with E-state index in [2.05, 4.69) is 12.8 Å². The van der Waals surface area contributed by atoms with Crippen LogP contribution in [0, 0.1) is 12.3 Å². The van der Waals surface area contributed by atoms with Crippen LogP contribution in [0.5, 0.6) is 11.5 Å². The van der Waals surface area contributed by atoms with E-state index in [9.17, 15) is 4.79 Å². The third-order valence-corrected chi connectivity index (χ3v) is 3.83. The number of benzene rings is 2. The Kier molecular flexibility index (Phi) is 7.59. The average Bonchev–Trinajstić information content (AvgIpc) is 2.65. The molecule has 0 saturated carbocycles. The molecule has 0 radical (unpaired) electrons. The molecule has 3 nitrogen and oxygen atoms in total. The summed E-state index contributed by atoms with van der Waals surface area (Å²) in [6.07, 6.45) is 9.93. The second-order valence-corrected chi connectivity index (χ2v) is 5.83. The van der Waals surface area contributed by atoms with Crippen molar-refractivity contribution in [2.45, 2.75) is 39.0 Å². The molecule has 0 amide bonds. The fraction of sp³-hybridized carbons (Fsp3) is 0.318. The Bertz CT molecular complexity index is 694. The summed E-state index contributed by atoms with van der Waals surface area (Å²) in [5.41, 5.74) is 2.11. The number of carbonyl (C=O) groups excluding carboxylic acids is 1. The van der Waals surface area contributed by atoms with Crippen molar-refractivity contribution in [3.05, 3.63) is 48.5 Å². The summed E-state index contributed by atoms with van der Waals surface area (Å²) in [5.74, 6) is 3.60. The van der Waals surface area contributed by atoms with Gasteiger partial charge in [0.1, 0.15) is 18.1 Å². The second kappa shape index (κ2) is 10.2. The van der Waals surface area contributed by atoms with Crippen LogP contribution in [-0.2, 0) is 4.79 Å². The lowest BCUT2D eigenvalue weighted by Gasteiger charge is -2.07. The molecule has 130 valence electrons. The molecular weight excluding hydrogens is 312 g/mol. The van der Waals surface area contributed by atoms with Crippen molar-refractivity contribution in [3.63, 3.8) is 0 Å². The molecule has 0 saturated heterocycles. The van der Waals surface area contributed by atoms with Crippen LogP contribution in [0.3, 0.4) is 0 Å². The summed E-state index contributed by atoms with van der Waals surface area (Å²) >= 11 is 0. The lowest BCUT2D eigenvalue weighted by Crippen LogP contribution is -2.07. The normalized spacial score (nSPS) is 10.1. The van der Waals surface area contributed by atoms with Gasteiger partial charge in [0.2, 0.25) is 0 Å². The molecule has 2 aromatic carbocycles. The summed E-state index contributed by atoms with van der Waals surface area (Å²) in [5, 5.41) is 0. The maximum Gasteiger partial charge on any atom is 0.311 e. The van der Waals surface area contributed by atoms with Crippen LogP contribution in [-0.4, -0.2) is 12.6 Å². The highest BCUT2D eigenvalue weighted by Crippen LogP contribution is 2.25. The van der Waals surface area contributed by atoms with Crippen molar-refractivity contribution >= 4 is 5.97 Å². The van der Waals surface area contributed by atoms with Crippen molar-refractivity contribution in [2.24, 2.45) is 0 Å². The average molecular weight is 336 g/mol. The Morgan fingerprint density at radius 1 is 0.920 bits per heavy atom. The van der Waals surface area contributed by atoms with Gasteiger partial charge in [-0.25, -0.2) is 0 Å². The van der Waals surface area contributed by atoms with Gasteiger partial charge in [-0.05, 0) is 41.8 Å². The highest BCUT2D eigenvalue weighted by Gasteiger charge is 2.05. The molecule has 0 aliphatic rings. The third-order valence-electron chi connectivity index (χ3n) is 3.83. The number of unbranched alkanes of at least 4 members (excludes halogenated alkanes) is 3. The van der Waals surface area contributed by atoms with Gasteiger partial charge < -0.3 is 9.47 Å². The van der Waals surface area contributed by atoms with Gasteiger partial charge in [0.15, 0.2) is 0 Å². The molecule has 0 fully saturated rings. The van der Waals surface area contributed by atoms with Crippen LogP contribution in [0.4, 0.5) is 0 Å². The molecule has 0 spiro atoms. The first-order valence-electron chi connectivity index (χ1n) is 8.70. The zero-order valence-corrected chi connectivity index (χ0v) is 14.7. The fourth-order valence-electron chi connectivity index (χ4n) is 2.46. The van der Waals surface area contributed by atoms with E-state index in [0.717, 1.165) is 42.6 Å². The zero-order chi connectivity index (χ0) is 17.9. The van der Waals surface area contributed by atoms with Crippen LogP contribution < -0.4 is 9.47 Å². The molecule has 0 atom stereocenters. The van der Waals surface area contributed by atoms with E-state index < -0.39 is 0 Å². The monoisotopic (exact) mass is 336 g/mol. The van der Waals surface area contributed by atoms with Gasteiger partial charge in [0, 0.05) is 6.42 Å². The summed E-state index contributed by atoms with van der Waals surface area (Å²) < 4.78 is 10.7. The maximum absolute atomic E-state index is 11.8. The summed E-state index contributed by atoms with van der Waals surface area (Å²) in [7, 11) is 0. The molecule has 0 heterocycles. The van der Waals surface area contributed by atoms with Gasteiger partial charge in [0.25, 0.3) is 0 Å². The lowest BCUT2D eigenvalue weighted by molar-refractivity contribution is -0.134. The van der Waals surface area contributed by atoms with Crippen molar-refractivity contribution in [1.82, 2.24) is 0 Å². The summed E-state index contributed by atoms with van der Waals surface area (Å²) in [4.78, 5) is 11.8. The minimum atomic E-state index is -0.168. The van der Waals surface area contributed by atoms with Crippen LogP contribution in [0.25, 0.3) is 11.1 Å². The predicted octanol–water partition coefficient (Wildman–Crippen LogP) is 5.24. The number of hydrogen-bond donors (Lipinski definition) is 0. The molecule has 0 aliphatic heterocycles. The van der Waals surface area contributed by atoms with Gasteiger partial charge in [-0.1, -0.05) is 56.4 Å². The SMILES string of the molecule is C#CCOc1ccc(-c2ccc(OC(=O)CCCCCC)cc2)cc1. The van der Waals surface area contributed by atoms with E-state index in [-0.39, 0.29) is 12.6 Å². The molecule has 0 aromatic heterocycles. The number of esters is 1. The third kappa shape index (κ3) is 6.35. The number of hydrogen-bond acceptors (Lipinski definition) is 3. The highest BCUT2D eigenvalue weighted by molar-refractivity contribution is 5.73. The van der Waals surface area contributed by atoms with Crippen LogP contribution in [0.2, 0.25) is 0 Å². The molecule has 25 heavy (non-hydrogen) atoms. The van der Waals surface area contributed by atoms with Gasteiger partial charge in [-0.3, -0.25) is 4.79 Å². The van der Waals surface area contributed by atoms with Crippen LogP contribution in [0.1, 0.15) is 39.0 Å². The molecule has 2 aromatic rings.